The van der Waals surface area contributed by atoms with Crippen molar-refractivity contribution in [2.75, 3.05) is 6.26 Å². The van der Waals surface area contributed by atoms with E-state index in [1.165, 1.54) is 63.5 Å². The number of rotatable bonds is 5. The molecule has 1 aromatic heterocycles. The molecule has 2 saturated carbocycles. The van der Waals surface area contributed by atoms with Crippen molar-refractivity contribution in [1.82, 2.24) is 15.1 Å². The first-order valence-electron chi connectivity index (χ1n) is 8.65. The first kappa shape index (κ1) is 15.4. The molecule has 3 nitrogen and oxygen atoms in total. The average Bonchev–Trinajstić information content (AvgIpc) is 3.03. The third kappa shape index (κ3) is 4.26. The van der Waals surface area contributed by atoms with Gasteiger partial charge in [0.25, 0.3) is 0 Å². The van der Waals surface area contributed by atoms with E-state index in [1.807, 2.05) is 11.8 Å². The predicted molar refractivity (Wildman–Crippen MR) is 90.7 cm³/mol. The van der Waals surface area contributed by atoms with Gasteiger partial charge in [0, 0.05) is 24.0 Å². The summed E-state index contributed by atoms with van der Waals surface area (Å²) < 4.78 is 2.22. The summed E-state index contributed by atoms with van der Waals surface area (Å²) in [6.45, 7) is 0.936. The van der Waals surface area contributed by atoms with Crippen LogP contribution in [0.3, 0.4) is 0 Å². The predicted octanol–water partition coefficient (Wildman–Crippen LogP) is 4.15. The maximum Gasteiger partial charge on any atom is 0.0762 e. The molecule has 2 fully saturated rings. The van der Waals surface area contributed by atoms with E-state index >= 15 is 0 Å². The summed E-state index contributed by atoms with van der Waals surface area (Å²) in [7, 11) is 0. The molecule has 118 valence electrons. The molecule has 1 heterocycles. The third-order valence-corrected chi connectivity index (χ3v) is 6.24. The van der Waals surface area contributed by atoms with Crippen LogP contribution in [0.2, 0.25) is 0 Å². The Kier molecular flexibility index (Phi) is 5.64. The highest BCUT2D eigenvalue weighted by atomic mass is 32.2. The fourth-order valence-electron chi connectivity index (χ4n) is 3.81. The average molecular weight is 308 g/mol. The number of hydrogen-bond acceptors (Lipinski definition) is 3. The quantitative estimate of drug-likeness (QED) is 0.886. The maximum absolute atomic E-state index is 4.81. The molecule has 4 heteroatoms. The summed E-state index contributed by atoms with van der Waals surface area (Å²) in [5.41, 5.74) is 1.21. The highest BCUT2D eigenvalue weighted by Crippen LogP contribution is 2.28. The Morgan fingerprint density at radius 1 is 1.19 bits per heavy atom. The number of aromatic nitrogens is 2. The molecule has 0 bridgehead atoms. The van der Waals surface area contributed by atoms with Crippen molar-refractivity contribution in [3.05, 3.63) is 18.0 Å². The molecular weight excluding hydrogens is 278 g/mol. The summed E-state index contributed by atoms with van der Waals surface area (Å²) in [6, 6.07) is 3.55. The molecule has 0 aliphatic heterocycles. The van der Waals surface area contributed by atoms with E-state index in [2.05, 4.69) is 28.5 Å². The van der Waals surface area contributed by atoms with Gasteiger partial charge in [-0.3, -0.25) is 4.68 Å². The first-order valence-corrected chi connectivity index (χ1v) is 9.94. The second-order valence-electron chi connectivity index (χ2n) is 6.68. The van der Waals surface area contributed by atoms with Gasteiger partial charge >= 0.3 is 0 Å². The van der Waals surface area contributed by atoms with Crippen LogP contribution in [0.5, 0.6) is 0 Å². The van der Waals surface area contributed by atoms with Gasteiger partial charge in [0.05, 0.1) is 11.7 Å². The normalized spacial score (nSPS) is 27.9. The molecule has 0 spiro atoms. The number of thioether (sulfide) groups is 1. The van der Waals surface area contributed by atoms with Gasteiger partial charge in [0.1, 0.15) is 0 Å². The van der Waals surface area contributed by atoms with Crippen molar-refractivity contribution >= 4 is 11.8 Å². The Balaban J connectivity index is 1.48. The lowest BCUT2D eigenvalue weighted by Crippen LogP contribution is -2.34. The van der Waals surface area contributed by atoms with Gasteiger partial charge in [-0.25, -0.2) is 0 Å². The van der Waals surface area contributed by atoms with Crippen molar-refractivity contribution in [1.29, 1.82) is 0 Å². The zero-order chi connectivity index (χ0) is 14.5. The molecule has 2 unspecified atom stereocenters. The van der Waals surface area contributed by atoms with Gasteiger partial charge in [-0.2, -0.15) is 16.9 Å². The largest absolute Gasteiger partial charge is 0.308 e. The van der Waals surface area contributed by atoms with E-state index in [9.17, 15) is 0 Å². The van der Waals surface area contributed by atoms with Crippen LogP contribution in [0.4, 0.5) is 0 Å². The van der Waals surface area contributed by atoms with Crippen LogP contribution in [0.15, 0.2) is 12.3 Å². The fraction of sp³-hybridized carbons (Fsp3) is 0.824. The molecule has 3 rings (SSSR count). The zero-order valence-corrected chi connectivity index (χ0v) is 14.1. The lowest BCUT2D eigenvalue weighted by molar-refractivity contribution is 0.326. The molecule has 0 amide bonds. The van der Waals surface area contributed by atoms with E-state index in [0.717, 1.165) is 11.8 Å². The van der Waals surface area contributed by atoms with Gasteiger partial charge in [0.15, 0.2) is 0 Å². The molecule has 0 radical (unpaired) electrons. The van der Waals surface area contributed by atoms with Crippen LogP contribution in [0.1, 0.15) is 69.5 Å². The molecule has 1 N–H and O–H groups in total. The number of nitrogens with one attached hydrogen (secondary N) is 1. The number of nitrogens with zero attached hydrogens (tertiary/aromatic N) is 2. The van der Waals surface area contributed by atoms with Gasteiger partial charge in [0.2, 0.25) is 0 Å². The van der Waals surface area contributed by atoms with Crippen LogP contribution < -0.4 is 5.32 Å². The molecule has 2 atom stereocenters. The van der Waals surface area contributed by atoms with Gasteiger partial charge in [-0.05, 0) is 44.4 Å². The monoisotopic (exact) mass is 307 g/mol. The minimum absolute atomic E-state index is 0.656. The lowest BCUT2D eigenvalue weighted by Gasteiger charge is -2.28. The van der Waals surface area contributed by atoms with Crippen molar-refractivity contribution in [3.63, 3.8) is 0 Å². The summed E-state index contributed by atoms with van der Waals surface area (Å²) in [6.07, 6.45) is 16.6. The lowest BCUT2D eigenvalue weighted by atomic mass is 9.95. The summed E-state index contributed by atoms with van der Waals surface area (Å²) in [5, 5.41) is 9.39. The highest BCUT2D eigenvalue weighted by molar-refractivity contribution is 7.99. The highest BCUT2D eigenvalue weighted by Gasteiger charge is 2.21. The van der Waals surface area contributed by atoms with Crippen molar-refractivity contribution in [2.24, 2.45) is 0 Å². The van der Waals surface area contributed by atoms with E-state index in [1.54, 1.807) is 0 Å². The molecule has 21 heavy (non-hydrogen) atoms. The smallest absolute Gasteiger partial charge is 0.0762 e. The zero-order valence-electron chi connectivity index (χ0n) is 13.3. The van der Waals surface area contributed by atoms with Crippen LogP contribution in [0.25, 0.3) is 0 Å². The van der Waals surface area contributed by atoms with Crippen molar-refractivity contribution < 1.29 is 0 Å². The Morgan fingerprint density at radius 2 is 2.05 bits per heavy atom. The SMILES string of the molecule is CSC1CCCC(NCc2ccn(C3CCCCC3)n2)C1. The third-order valence-electron chi connectivity index (χ3n) is 5.14. The van der Waals surface area contributed by atoms with Gasteiger partial charge in [-0.15, -0.1) is 0 Å². The van der Waals surface area contributed by atoms with Gasteiger partial charge < -0.3 is 5.32 Å². The molecule has 0 saturated heterocycles. The Hall–Kier alpha value is -0.480. The second-order valence-corrected chi connectivity index (χ2v) is 7.82. The Morgan fingerprint density at radius 3 is 2.86 bits per heavy atom. The second kappa shape index (κ2) is 7.68. The van der Waals surface area contributed by atoms with Crippen molar-refractivity contribution in [3.8, 4) is 0 Å². The molecule has 0 aromatic carbocycles. The van der Waals surface area contributed by atoms with Crippen molar-refractivity contribution in [2.45, 2.75) is 81.7 Å². The summed E-state index contributed by atoms with van der Waals surface area (Å²) in [5.74, 6) is 0. The minimum Gasteiger partial charge on any atom is -0.308 e. The number of hydrogen-bond donors (Lipinski definition) is 1. The van der Waals surface area contributed by atoms with Crippen LogP contribution in [-0.4, -0.2) is 27.3 Å². The molecular formula is C17H29N3S. The van der Waals surface area contributed by atoms with Crippen LogP contribution in [0, 0.1) is 0 Å². The topological polar surface area (TPSA) is 29.9 Å². The van der Waals surface area contributed by atoms with E-state index in [4.69, 9.17) is 5.10 Å². The molecule has 2 aliphatic rings. The van der Waals surface area contributed by atoms with E-state index in [0.29, 0.717) is 12.1 Å². The first-order chi connectivity index (χ1) is 10.3. The van der Waals surface area contributed by atoms with Gasteiger partial charge in [-0.1, -0.05) is 25.7 Å². The summed E-state index contributed by atoms with van der Waals surface area (Å²) >= 11 is 2.03. The Labute approximate surface area is 133 Å². The minimum atomic E-state index is 0.656. The fourth-order valence-corrected chi connectivity index (χ4v) is 4.64. The van der Waals surface area contributed by atoms with Crippen LogP contribution in [-0.2, 0) is 6.54 Å². The van der Waals surface area contributed by atoms with E-state index < -0.39 is 0 Å². The van der Waals surface area contributed by atoms with Crippen LogP contribution >= 0.6 is 11.8 Å². The molecule has 2 aliphatic carbocycles. The van der Waals surface area contributed by atoms with E-state index in [-0.39, 0.29) is 0 Å². The Bertz CT molecular complexity index is 425. The summed E-state index contributed by atoms with van der Waals surface area (Å²) in [4.78, 5) is 0. The maximum atomic E-state index is 4.81. The molecule has 1 aromatic rings. The standard InChI is InChI=1S/C17H29N3S/c1-21-17-9-5-6-14(12-17)18-13-15-10-11-20(19-15)16-7-3-2-4-8-16/h10-11,14,16-18H,2-9,12-13H2,1H3.